The Hall–Kier alpha value is -1.63. The summed E-state index contributed by atoms with van der Waals surface area (Å²) in [7, 11) is 0. The first-order valence-electron chi connectivity index (χ1n) is 5.23. The number of nitrogens with zero attached hydrogens (tertiary/aromatic N) is 1. The third-order valence-corrected chi connectivity index (χ3v) is 2.72. The van der Waals surface area contributed by atoms with Crippen LogP contribution < -0.4 is 4.57 Å². The summed E-state index contributed by atoms with van der Waals surface area (Å²) in [6.07, 6.45) is 1.94. The second-order valence-corrected chi connectivity index (χ2v) is 3.94. The van der Waals surface area contributed by atoms with Gasteiger partial charge in [0.1, 0.15) is 0 Å². The van der Waals surface area contributed by atoms with Crippen molar-refractivity contribution >= 4 is 10.9 Å². The highest BCUT2D eigenvalue weighted by Crippen LogP contribution is 2.12. The Balaban J connectivity index is 2.77. The molecule has 0 saturated carbocycles. The van der Waals surface area contributed by atoms with Gasteiger partial charge in [-0.05, 0) is 30.7 Å². The highest BCUT2D eigenvalue weighted by molar-refractivity contribution is 5.76. The summed E-state index contributed by atoms with van der Waals surface area (Å²) in [5.74, 6) is 0. The quantitative estimate of drug-likeness (QED) is 0.516. The summed E-state index contributed by atoms with van der Waals surface area (Å²) in [5.41, 5.74) is 3.86. The fourth-order valence-corrected chi connectivity index (χ4v) is 1.89. The monoisotopic (exact) mass is 198 g/mol. The Morgan fingerprint density at radius 1 is 1.20 bits per heavy atom. The van der Waals surface area contributed by atoms with E-state index in [2.05, 4.69) is 55.3 Å². The Bertz CT molecular complexity index is 507. The molecule has 2 aromatic rings. The molecule has 0 bridgehead atoms. The van der Waals surface area contributed by atoms with E-state index < -0.39 is 0 Å². The lowest BCUT2D eigenvalue weighted by molar-refractivity contribution is -0.667. The molecular weight excluding hydrogens is 182 g/mol. The third kappa shape index (κ3) is 1.78. The molecule has 0 saturated heterocycles. The number of aryl methyl sites for hydroxylation is 2. The van der Waals surface area contributed by atoms with E-state index in [-0.39, 0.29) is 0 Å². The molecule has 0 N–H and O–H groups in total. The summed E-state index contributed by atoms with van der Waals surface area (Å²) in [4.78, 5) is 0. The van der Waals surface area contributed by atoms with Crippen LogP contribution in [-0.4, -0.2) is 0 Å². The molecule has 1 aromatic heterocycles. The number of benzene rings is 1. The normalized spacial score (nSPS) is 10.5. The zero-order valence-corrected chi connectivity index (χ0v) is 9.33. The maximum Gasteiger partial charge on any atom is 0.213 e. The highest BCUT2D eigenvalue weighted by atomic mass is 15.0. The maximum absolute atomic E-state index is 3.81. The van der Waals surface area contributed by atoms with Gasteiger partial charge in [-0.25, -0.2) is 0 Å². The van der Waals surface area contributed by atoms with Crippen LogP contribution in [-0.2, 0) is 6.54 Å². The van der Waals surface area contributed by atoms with Gasteiger partial charge in [0.05, 0.1) is 0 Å². The molecule has 76 valence electrons. The molecule has 1 heteroatoms. The van der Waals surface area contributed by atoms with Gasteiger partial charge in [0.25, 0.3) is 0 Å². The molecule has 0 radical (unpaired) electrons. The number of hydrogen-bond donors (Lipinski definition) is 0. The molecule has 0 amide bonds. The van der Waals surface area contributed by atoms with Crippen LogP contribution in [0.25, 0.3) is 10.9 Å². The topological polar surface area (TPSA) is 3.88 Å². The van der Waals surface area contributed by atoms with Crippen molar-refractivity contribution in [2.45, 2.75) is 20.4 Å². The molecule has 0 aliphatic heterocycles. The lowest BCUT2D eigenvalue weighted by atomic mass is 10.1. The van der Waals surface area contributed by atoms with Crippen molar-refractivity contribution in [3.63, 3.8) is 0 Å². The van der Waals surface area contributed by atoms with Crippen LogP contribution in [0.4, 0.5) is 0 Å². The van der Waals surface area contributed by atoms with E-state index in [4.69, 9.17) is 0 Å². The van der Waals surface area contributed by atoms with Crippen LogP contribution in [0.3, 0.4) is 0 Å². The molecular formula is C14H16N+. The number of allylic oxidation sites excluding steroid dienone is 1. The Morgan fingerprint density at radius 2 is 1.93 bits per heavy atom. The third-order valence-electron chi connectivity index (χ3n) is 2.72. The molecule has 0 aliphatic rings. The fraction of sp³-hybridized carbons (Fsp3) is 0.214. The Morgan fingerprint density at radius 3 is 2.67 bits per heavy atom. The predicted octanol–water partition coefficient (Wildman–Crippen LogP) is 2.93. The van der Waals surface area contributed by atoms with E-state index in [9.17, 15) is 0 Å². The van der Waals surface area contributed by atoms with Crippen molar-refractivity contribution in [2.24, 2.45) is 0 Å². The minimum Gasteiger partial charge on any atom is -0.192 e. The minimum absolute atomic E-state index is 0.868. The van der Waals surface area contributed by atoms with E-state index in [1.54, 1.807) is 0 Å². The smallest absolute Gasteiger partial charge is 0.192 e. The second-order valence-electron chi connectivity index (χ2n) is 3.94. The van der Waals surface area contributed by atoms with E-state index in [0.29, 0.717) is 0 Å². The van der Waals surface area contributed by atoms with Crippen LogP contribution in [0.2, 0.25) is 0 Å². The minimum atomic E-state index is 0.868. The van der Waals surface area contributed by atoms with Gasteiger partial charge in [-0.15, -0.1) is 0 Å². The zero-order valence-electron chi connectivity index (χ0n) is 9.33. The number of fused-ring (bicyclic) bond motifs is 1. The van der Waals surface area contributed by atoms with Crippen molar-refractivity contribution in [1.82, 2.24) is 0 Å². The molecule has 0 atom stereocenters. The number of hydrogen-bond acceptors (Lipinski definition) is 0. The highest BCUT2D eigenvalue weighted by Gasteiger charge is 2.10. The average Bonchev–Trinajstić information content (AvgIpc) is 2.23. The Labute approximate surface area is 90.7 Å². The molecule has 0 unspecified atom stereocenters. The Kier molecular flexibility index (Phi) is 2.55. The summed E-state index contributed by atoms with van der Waals surface area (Å²) >= 11 is 0. The maximum atomic E-state index is 3.81. The fourth-order valence-electron chi connectivity index (χ4n) is 1.89. The van der Waals surface area contributed by atoms with Crippen LogP contribution in [0.1, 0.15) is 11.3 Å². The van der Waals surface area contributed by atoms with Crippen molar-refractivity contribution in [1.29, 1.82) is 0 Å². The molecule has 1 nitrogen and oxygen atoms in total. The van der Waals surface area contributed by atoms with Gasteiger partial charge < -0.3 is 0 Å². The first kappa shape index (κ1) is 9.91. The first-order valence-corrected chi connectivity index (χ1v) is 5.23. The van der Waals surface area contributed by atoms with Crippen molar-refractivity contribution in [3.8, 4) is 0 Å². The van der Waals surface area contributed by atoms with Crippen molar-refractivity contribution < 1.29 is 4.57 Å². The van der Waals surface area contributed by atoms with Gasteiger partial charge in [0.15, 0.2) is 12.2 Å². The second kappa shape index (κ2) is 3.85. The summed E-state index contributed by atoms with van der Waals surface area (Å²) in [5, 5.41) is 1.29. The van der Waals surface area contributed by atoms with Gasteiger partial charge in [0.2, 0.25) is 5.52 Å². The lowest BCUT2D eigenvalue weighted by Crippen LogP contribution is -2.37. The van der Waals surface area contributed by atoms with Gasteiger partial charge in [-0.3, -0.25) is 0 Å². The number of aromatic nitrogens is 1. The number of pyridine rings is 1. The predicted molar refractivity (Wildman–Crippen MR) is 63.8 cm³/mol. The van der Waals surface area contributed by atoms with Gasteiger partial charge in [-0.1, -0.05) is 12.6 Å². The largest absolute Gasteiger partial charge is 0.213 e. The van der Waals surface area contributed by atoms with E-state index in [0.717, 1.165) is 6.54 Å². The van der Waals surface area contributed by atoms with Crippen LogP contribution in [0.5, 0.6) is 0 Å². The van der Waals surface area contributed by atoms with E-state index >= 15 is 0 Å². The number of rotatable bonds is 2. The lowest BCUT2D eigenvalue weighted by Gasteiger charge is -2.03. The summed E-state index contributed by atoms with van der Waals surface area (Å²) < 4.78 is 2.29. The van der Waals surface area contributed by atoms with E-state index in [1.165, 1.54) is 22.2 Å². The molecule has 0 spiro atoms. The van der Waals surface area contributed by atoms with Gasteiger partial charge in [-0.2, -0.15) is 4.57 Å². The van der Waals surface area contributed by atoms with Gasteiger partial charge in [0, 0.05) is 24.4 Å². The zero-order chi connectivity index (χ0) is 10.8. The van der Waals surface area contributed by atoms with Crippen molar-refractivity contribution in [2.75, 3.05) is 0 Å². The van der Waals surface area contributed by atoms with Crippen molar-refractivity contribution in [3.05, 3.63) is 54.2 Å². The molecule has 1 aromatic carbocycles. The molecule has 0 aliphatic carbocycles. The van der Waals surface area contributed by atoms with Crippen LogP contribution >= 0.6 is 0 Å². The molecule has 0 fully saturated rings. The van der Waals surface area contributed by atoms with Gasteiger partial charge >= 0.3 is 0 Å². The molecule has 1 heterocycles. The van der Waals surface area contributed by atoms with Crippen LogP contribution in [0, 0.1) is 13.8 Å². The molecule has 2 rings (SSSR count). The van der Waals surface area contributed by atoms with E-state index in [1.807, 2.05) is 6.08 Å². The standard InChI is InChI=1S/C14H16N/c1-4-9-15-12(3)6-8-13-7-5-11(2)10-14(13)15/h4-8,10H,1,9H2,2-3H3/q+1. The average molecular weight is 198 g/mol. The SMILES string of the molecule is C=CC[n+]1c(C)ccc2ccc(C)cc21. The summed E-state index contributed by atoms with van der Waals surface area (Å²) in [6, 6.07) is 10.9. The molecule has 15 heavy (non-hydrogen) atoms. The summed E-state index contributed by atoms with van der Waals surface area (Å²) in [6.45, 7) is 8.93. The first-order chi connectivity index (χ1) is 7.22. The van der Waals surface area contributed by atoms with Crippen LogP contribution in [0.15, 0.2) is 43.0 Å².